The summed E-state index contributed by atoms with van der Waals surface area (Å²) >= 11 is 6.04. The second-order valence-electron chi connectivity index (χ2n) is 6.92. The van der Waals surface area contributed by atoms with Crippen molar-refractivity contribution >= 4 is 40.4 Å². The second kappa shape index (κ2) is 9.49. The molecule has 0 bridgehead atoms. The minimum atomic E-state index is -0.252. The number of carbonyl (C=O) groups is 1. The molecule has 4 rings (SSSR count). The number of carbonyl (C=O) groups excluding carboxylic acids is 1. The number of fused-ring (bicyclic) bond motifs is 1. The van der Waals surface area contributed by atoms with E-state index >= 15 is 0 Å². The maximum Gasteiger partial charge on any atom is 0.248 e. The van der Waals surface area contributed by atoms with E-state index in [9.17, 15) is 4.79 Å². The van der Waals surface area contributed by atoms with Crippen molar-refractivity contribution in [3.8, 4) is 17.2 Å². The quantitative estimate of drug-likeness (QED) is 0.334. The van der Waals surface area contributed by atoms with E-state index < -0.39 is 0 Å². The van der Waals surface area contributed by atoms with Crippen LogP contribution in [0, 0.1) is 0 Å². The Kier molecular flexibility index (Phi) is 6.34. The van der Waals surface area contributed by atoms with Crippen molar-refractivity contribution in [3.05, 3.63) is 83.4 Å². The van der Waals surface area contributed by atoms with Gasteiger partial charge < -0.3 is 14.5 Å². The first kappa shape index (κ1) is 20.7. The number of para-hydroxylation sites is 1. The number of anilines is 1. The molecule has 156 valence electrons. The molecule has 31 heavy (non-hydrogen) atoms. The maximum absolute atomic E-state index is 12.5. The van der Waals surface area contributed by atoms with E-state index in [1.54, 1.807) is 24.3 Å². The van der Waals surface area contributed by atoms with Crippen LogP contribution in [0.3, 0.4) is 0 Å². The predicted molar refractivity (Wildman–Crippen MR) is 124 cm³/mol. The van der Waals surface area contributed by atoms with Gasteiger partial charge in [-0.25, -0.2) is 4.98 Å². The lowest BCUT2D eigenvalue weighted by molar-refractivity contribution is -0.111. The number of hydrogen-bond donors (Lipinski definition) is 1. The van der Waals surface area contributed by atoms with Crippen molar-refractivity contribution in [2.45, 2.75) is 13.3 Å². The number of rotatable bonds is 7. The van der Waals surface area contributed by atoms with E-state index in [-0.39, 0.29) is 5.91 Å². The van der Waals surface area contributed by atoms with Gasteiger partial charge in [0.25, 0.3) is 0 Å². The minimum Gasteiger partial charge on any atom is -0.494 e. The smallest absolute Gasteiger partial charge is 0.248 e. The highest BCUT2D eigenvalue weighted by atomic mass is 35.5. The number of oxazole rings is 1. The molecular formula is C25H21ClN2O3. The van der Waals surface area contributed by atoms with Gasteiger partial charge in [-0.15, -0.1) is 0 Å². The van der Waals surface area contributed by atoms with Crippen molar-refractivity contribution in [1.29, 1.82) is 0 Å². The van der Waals surface area contributed by atoms with Gasteiger partial charge in [-0.1, -0.05) is 42.8 Å². The van der Waals surface area contributed by atoms with E-state index in [2.05, 4.69) is 17.2 Å². The average molecular weight is 433 g/mol. The Morgan fingerprint density at radius 3 is 2.74 bits per heavy atom. The van der Waals surface area contributed by atoms with Crippen molar-refractivity contribution < 1.29 is 13.9 Å². The first-order valence-corrected chi connectivity index (χ1v) is 10.4. The van der Waals surface area contributed by atoms with Crippen LogP contribution in [0.25, 0.3) is 28.6 Å². The number of ether oxygens (including phenoxy) is 1. The fourth-order valence-electron chi connectivity index (χ4n) is 3.04. The summed E-state index contributed by atoms with van der Waals surface area (Å²) in [6.45, 7) is 2.75. The molecule has 0 radical (unpaired) electrons. The summed E-state index contributed by atoms with van der Waals surface area (Å²) in [6, 6.07) is 20.2. The topological polar surface area (TPSA) is 64.4 Å². The standard InChI is InChI=1S/C25H21ClN2O3/c1-2-15-30-19-11-7-17(8-12-19)9-14-24(29)27-21-6-4-3-5-20(21)25-28-22-16-18(26)10-13-23(22)31-25/h3-14,16H,2,15H2,1H3,(H,27,29). The van der Waals surface area contributed by atoms with E-state index in [1.165, 1.54) is 6.08 Å². The lowest BCUT2D eigenvalue weighted by atomic mass is 10.1. The molecule has 1 N–H and O–H groups in total. The number of halogens is 1. The monoisotopic (exact) mass is 432 g/mol. The van der Waals surface area contributed by atoms with Gasteiger partial charge >= 0.3 is 0 Å². The third-order valence-electron chi connectivity index (χ3n) is 4.55. The molecule has 1 amide bonds. The molecule has 1 aromatic heterocycles. The molecule has 3 aromatic carbocycles. The second-order valence-corrected chi connectivity index (χ2v) is 7.35. The molecule has 5 nitrogen and oxygen atoms in total. The Morgan fingerprint density at radius 1 is 1.13 bits per heavy atom. The molecule has 1 heterocycles. The Balaban J connectivity index is 1.49. The van der Waals surface area contributed by atoms with Crippen molar-refractivity contribution in [1.82, 2.24) is 4.98 Å². The molecule has 0 aliphatic carbocycles. The summed E-state index contributed by atoms with van der Waals surface area (Å²) in [4.78, 5) is 17.0. The van der Waals surface area contributed by atoms with Gasteiger partial charge in [0.05, 0.1) is 17.9 Å². The zero-order valence-corrected chi connectivity index (χ0v) is 17.7. The molecule has 0 saturated heterocycles. The summed E-state index contributed by atoms with van der Waals surface area (Å²) in [5.74, 6) is 0.981. The van der Waals surface area contributed by atoms with E-state index in [4.69, 9.17) is 20.8 Å². The van der Waals surface area contributed by atoms with Gasteiger partial charge in [-0.05, 0) is 60.5 Å². The van der Waals surface area contributed by atoms with Crippen LogP contribution in [0.1, 0.15) is 18.9 Å². The van der Waals surface area contributed by atoms with Gasteiger partial charge in [0, 0.05) is 11.1 Å². The number of amides is 1. The molecule has 6 heteroatoms. The first-order valence-electron chi connectivity index (χ1n) is 10.00. The highest BCUT2D eigenvalue weighted by Gasteiger charge is 2.13. The number of nitrogens with one attached hydrogen (secondary N) is 1. The van der Waals surface area contributed by atoms with Gasteiger partial charge in [0.15, 0.2) is 5.58 Å². The van der Waals surface area contributed by atoms with Crippen LogP contribution in [0.5, 0.6) is 5.75 Å². The van der Waals surface area contributed by atoms with Crippen molar-refractivity contribution in [3.63, 3.8) is 0 Å². The molecule has 0 fully saturated rings. The van der Waals surface area contributed by atoms with Crippen LogP contribution in [0.15, 0.2) is 77.2 Å². The molecule has 0 atom stereocenters. The van der Waals surface area contributed by atoms with E-state index in [0.717, 1.165) is 17.7 Å². The zero-order valence-electron chi connectivity index (χ0n) is 17.0. The molecule has 0 aliphatic rings. The number of hydrogen-bond acceptors (Lipinski definition) is 4. The van der Waals surface area contributed by atoms with E-state index in [0.29, 0.717) is 39.9 Å². The minimum absolute atomic E-state index is 0.252. The normalized spacial score (nSPS) is 11.2. The van der Waals surface area contributed by atoms with Crippen LogP contribution in [0.2, 0.25) is 5.02 Å². The molecule has 0 spiro atoms. The predicted octanol–water partition coefficient (Wildman–Crippen LogP) is 6.59. The lowest BCUT2D eigenvalue weighted by Crippen LogP contribution is -2.08. The maximum atomic E-state index is 12.5. The SMILES string of the molecule is CCCOc1ccc(C=CC(=O)Nc2ccccc2-c2nc3cc(Cl)ccc3o2)cc1. The molecule has 0 aliphatic heterocycles. The number of benzene rings is 3. The number of nitrogens with zero attached hydrogens (tertiary/aromatic N) is 1. The molecule has 4 aromatic rings. The summed E-state index contributed by atoms with van der Waals surface area (Å²) in [5, 5.41) is 3.48. The van der Waals surface area contributed by atoms with Crippen LogP contribution in [-0.2, 0) is 4.79 Å². The Bertz CT molecular complexity index is 1230. The third-order valence-corrected chi connectivity index (χ3v) is 4.78. The Morgan fingerprint density at radius 2 is 1.94 bits per heavy atom. The first-order chi connectivity index (χ1) is 15.1. The van der Waals surface area contributed by atoms with Gasteiger partial charge in [0.2, 0.25) is 11.8 Å². The largest absolute Gasteiger partial charge is 0.494 e. The summed E-state index contributed by atoms with van der Waals surface area (Å²) in [7, 11) is 0. The molecule has 0 saturated carbocycles. The summed E-state index contributed by atoms with van der Waals surface area (Å²) in [6.07, 6.45) is 4.20. The van der Waals surface area contributed by atoms with E-state index in [1.807, 2.05) is 48.5 Å². The van der Waals surface area contributed by atoms with Crippen molar-refractivity contribution in [2.75, 3.05) is 11.9 Å². The van der Waals surface area contributed by atoms with Gasteiger partial charge in [-0.3, -0.25) is 4.79 Å². The lowest BCUT2D eigenvalue weighted by Gasteiger charge is -2.07. The Hall–Kier alpha value is -3.57. The average Bonchev–Trinajstić information content (AvgIpc) is 3.20. The van der Waals surface area contributed by atoms with Crippen LogP contribution < -0.4 is 10.1 Å². The third kappa shape index (κ3) is 5.13. The van der Waals surface area contributed by atoms with Gasteiger partial charge in [-0.2, -0.15) is 0 Å². The van der Waals surface area contributed by atoms with Crippen LogP contribution in [-0.4, -0.2) is 17.5 Å². The Labute approximate surface area is 185 Å². The van der Waals surface area contributed by atoms with Crippen molar-refractivity contribution in [2.24, 2.45) is 0 Å². The zero-order chi connectivity index (χ0) is 21.6. The number of aromatic nitrogens is 1. The highest BCUT2D eigenvalue weighted by molar-refractivity contribution is 6.31. The van der Waals surface area contributed by atoms with Crippen LogP contribution in [0.4, 0.5) is 5.69 Å². The fourth-order valence-corrected chi connectivity index (χ4v) is 3.20. The van der Waals surface area contributed by atoms with Crippen LogP contribution >= 0.6 is 11.6 Å². The fraction of sp³-hybridized carbons (Fsp3) is 0.120. The molecule has 0 unspecified atom stereocenters. The summed E-state index contributed by atoms with van der Waals surface area (Å²) < 4.78 is 11.4. The highest BCUT2D eigenvalue weighted by Crippen LogP contribution is 2.31. The molecular weight excluding hydrogens is 412 g/mol. The summed E-state index contributed by atoms with van der Waals surface area (Å²) in [5.41, 5.74) is 3.50. The van der Waals surface area contributed by atoms with Gasteiger partial charge in [0.1, 0.15) is 11.3 Å².